The van der Waals surface area contributed by atoms with Crippen molar-refractivity contribution >= 4 is 10.0 Å². The molecular weight excluding hydrogens is 236 g/mol. The number of rotatable bonds is 5. The SMILES string of the molecule is CCNC(C)c1cccc(S(=O)(=O)N(C)C)c1. The highest BCUT2D eigenvalue weighted by Gasteiger charge is 2.17. The van der Waals surface area contributed by atoms with Crippen LogP contribution in [0.4, 0.5) is 0 Å². The topological polar surface area (TPSA) is 49.4 Å². The Hall–Kier alpha value is -0.910. The van der Waals surface area contributed by atoms with E-state index in [1.807, 2.05) is 19.9 Å². The van der Waals surface area contributed by atoms with Crippen LogP contribution in [0, 0.1) is 0 Å². The molecule has 0 bridgehead atoms. The van der Waals surface area contributed by atoms with Gasteiger partial charge in [0, 0.05) is 20.1 Å². The summed E-state index contributed by atoms with van der Waals surface area (Å²) in [6.07, 6.45) is 0. The fourth-order valence-electron chi connectivity index (χ4n) is 1.58. The second-order valence-electron chi connectivity index (χ2n) is 4.14. The zero-order valence-electron chi connectivity index (χ0n) is 10.8. The molecule has 0 spiro atoms. The number of nitrogens with zero attached hydrogens (tertiary/aromatic N) is 1. The molecule has 0 saturated carbocycles. The summed E-state index contributed by atoms with van der Waals surface area (Å²) in [7, 11) is -0.267. The van der Waals surface area contributed by atoms with Gasteiger partial charge >= 0.3 is 0 Å². The molecule has 1 rings (SSSR count). The van der Waals surface area contributed by atoms with Crippen molar-refractivity contribution in [1.82, 2.24) is 9.62 Å². The summed E-state index contributed by atoms with van der Waals surface area (Å²) in [6, 6.07) is 7.21. The zero-order valence-corrected chi connectivity index (χ0v) is 11.6. The first-order valence-electron chi connectivity index (χ1n) is 5.65. The molecule has 0 aliphatic heterocycles. The predicted molar refractivity (Wildman–Crippen MR) is 69.4 cm³/mol. The van der Waals surface area contributed by atoms with Crippen molar-refractivity contribution in [3.05, 3.63) is 29.8 Å². The Morgan fingerprint density at radius 1 is 1.35 bits per heavy atom. The number of hydrogen-bond acceptors (Lipinski definition) is 3. The highest BCUT2D eigenvalue weighted by Crippen LogP contribution is 2.19. The monoisotopic (exact) mass is 256 g/mol. The fourth-order valence-corrected chi connectivity index (χ4v) is 2.54. The first kappa shape index (κ1) is 14.2. The van der Waals surface area contributed by atoms with E-state index in [1.54, 1.807) is 18.2 Å². The van der Waals surface area contributed by atoms with E-state index in [0.717, 1.165) is 12.1 Å². The number of hydrogen-bond donors (Lipinski definition) is 1. The quantitative estimate of drug-likeness (QED) is 0.870. The maximum Gasteiger partial charge on any atom is 0.242 e. The molecule has 1 aromatic rings. The van der Waals surface area contributed by atoms with E-state index >= 15 is 0 Å². The van der Waals surface area contributed by atoms with Crippen LogP contribution in [0.15, 0.2) is 29.2 Å². The van der Waals surface area contributed by atoms with Gasteiger partial charge in [-0.2, -0.15) is 0 Å². The van der Waals surface area contributed by atoms with Crippen molar-refractivity contribution in [3.8, 4) is 0 Å². The average molecular weight is 256 g/mol. The van der Waals surface area contributed by atoms with Crippen molar-refractivity contribution in [2.24, 2.45) is 0 Å². The minimum absolute atomic E-state index is 0.150. The lowest BCUT2D eigenvalue weighted by molar-refractivity contribution is 0.520. The third-order valence-corrected chi connectivity index (χ3v) is 4.46. The van der Waals surface area contributed by atoms with E-state index in [1.165, 1.54) is 18.4 Å². The van der Waals surface area contributed by atoms with Crippen molar-refractivity contribution in [2.75, 3.05) is 20.6 Å². The van der Waals surface area contributed by atoms with Crippen LogP contribution in [0.3, 0.4) is 0 Å². The largest absolute Gasteiger partial charge is 0.310 e. The molecule has 96 valence electrons. The van der Waals surface area contributed by atoms with Crippen LogP contribution in [0.1, 0.15) is 25.5 Å². The summed E-state index contributed by atoms with van der Waals surface area (Å²) >= 11 is 0. The van der Waals surface area contributed by atoms with Crippen molar-refractivity contribution in [1.29, 1.82) is 0 Å². The average Bonchev–Trinajstić information content (AvgIpc) is 2.29. The molecule has 0 radical (unpaired) electrons. The zero-order chi connectivity index (χ0) is 13.1. The molecule has 0 heterocycles. The van der Waals surface area contributed by atoms with Gasteiger partial charge in [0.15, 0.2) is 0 Å². The Morgan fingerprint density at radius 3 is 2.53 bits per heavy atom. The second kappa shape index (κ2) is 5.62. The standard InChI is InChI=1S/C12H20N2O2S/c1-5-13-10(2)11-7-6-8-12(9-11)17(15,16)14(3)4/h6-10,13H,5H2,1-4H3. The minimum atomic E-state index is -3.34. The Balaban J connectivity index is 3.10. The van der Waals surface area contributed by atoms with Crippen LogP contribution >= 0.6 is 0 Å². The van der Waals surface area contributed by atoms with Gasteiger partial charge in [-0.05, 0) is 31.2 Å². The summed E-state index contributed by atoms with van der Waals surface area (Å²) in [4.78, 5) is 0.338. The van der Waals surface area contributed by atoms with Gasteiger partial charge in [0.05, 0.1) is 4.90 Å². The smallest absolute Gasteiger partial charge is 0.242 e. The van der Waals surface area contributed by atoms with E-state index in [-0.39, 0.29) is 6.04 Å². The molecule has 0 saturated heterocycles. The van der Waals surface area contributed by atoms with Crippen molar-refractivity contribution < 1.29 is 8.42 Å². The van der Waals surface area contributed by atoms with Gasteiger partial charge in [-0.3, -0.25) is 0 Å². The van der Waals surface area contributed by atoms with Gasteiger partial charge in [-0.1, -0.05) is 19.1 Å². The summed E-state index contributed by atoms with van der Waals surface area (Å²) in [5, 5.41) is 3.26. The molecule has 1 aromatic carbocycles. The highest BCUT2D eigenvalue weighted by molar-refractivity contribution is 7.89. The Labute approximate surface area is 104 Å². The van der Waals surface area contributed by atoms with Gasteiger partial charge in [-0.25, -0.2) is 12.7 Å². The molecular formula is C12H20N2O2S. The van der Waals surface area contributed by atoms with Crippen LogP contribution in [-0.4, -0.2) is 33.4 Å². The summed E-state index contributed by atoms with van der Waals surface area (Å²) in [6.45, 7) is 4.90. The first-order valence-corrected chi connectivity index (χ1v) is 7.09. The van der Waals surface area contributed by atoms with Crippen LogP contribution in [0.2, 0.25) is 0 Å². The Morgan fingerprint density at radius 2 is 2.00 bits per heavy atom. The first-order chi connectivity index (χ1) is 7.89. The van der Waals surface area contributed by atoms with Crippen LogP contribution in [0.5, 0.6) is 0 Å². The number of benzene rings is 1. The van der Waals surface area contributed by atoms with Crippen molar-refractivity contribution in [2.45, 2.75) is 24.8 Å². The third-order valence-electron chi connectivity index (χ3n) is 2.65. The second-order valence-corrected chi connectivity index (χ2v) is 6.29. The molecule has 1 atom stereocenters. The molecule has 0 aliphatic carbocycles. The van der Waals surface area contributed by atoms with Crippen molar-refractivity contribution in [3.63, 3.8) is 0 Å². The molecule has 4 nitrogen and oxygen atoms in total. The summed E-state index contributed by atoms with van der Waals surface area (Å²) in [5.74, 6) is 0. The summed E-state index contributed by atoms with van der Waals surface area (Å²) < 4.78 is 25.2. The van der Waals surface area contributed by atoms with Gasteiger partial charge in [-0.15, -0.1) is 0 Å². The van der Waals surface area contributed by atoms with Gasteiger partial charge in [0.2, 0.25) is 10.0 Å². The number of nitrogens with one attached hydrogen (secondary N) is 1. The maximum atomic E-state index is 12.0. The summed E-state index contributed by atoms with van der Waals surface area (Å²) in [5.41, 5.74) is 0.981. The number of sulfonamides is 1. The highest BCUT2D eigenvalue weighted by atomic mass is 32.2. The molecule has 5 heteroatoms. The molecule has 0 aromatic heterocycles. The molecule has 1 N–H and O–H groups in total. The minimum Gasteiger partial charge on any atom is -0.310 e. The third kappa shape index (κ3) is 3.28. The fraction of sp³-hybridized carbons (Fsp3) is 0.500. The van der Waals surface area contributed by atoms with Gasteiger partial charge in [0.25, 0.3) is 0 Å². The van der Waals surface area contributed by atoms with E-state index in [2.05, 4.69) is 5.32 Å². The lowest BCUT2D eigenvalue weighted by Gasteiger charge is -2.16. The molecule has 1 unspecified atom stereocenters. The van der Waals surface area contributed by atoms with E-state index in [0.29, 0.717) is 4.90 Å². The van der Waals surface area contributed by atoms with E-state index in [9.17, 15) is 8.42 Å². The normalized spacial score (nSPS) is 13.9. The molecule has 0 amide bonds. The Kier molecular flexibility index (Phi) is 4.68. The van der Waals surface area contributed by atoms with Gasteiger partial charge < -0.3 is 5.32 Å². The maximum absolute atomic E-state index is 12.0. The van der Waals surface area contributed by atoms with Gasteiger partial charge in [0.1, 0.15) is 0 Å². The molecule has 0 aliphatic rings. The van der Waals surface area contributed by atoms with E-state index < -0.39 is 10.0 Å². The van der Waals surface area contributed by atoms with Crippen LogP contribution in [-0.2, 0) is 10.0 Å². The van der Waals surface area contributed by atoms with E-state index in [4.69, 9.17) is 0 Å². The Bertz CT molecular complexity index is 469. The lowest BCUT2D eigenvalue weighted by Crippen LogP contribution is -2.23. The molecule has 17 heavy (non-hydrogen) atoms. The van der Waals surface area contributed by atoms with Crippen LogP contribution < -0.4 is 5.32 Å². The lowest BCUT2D eigenvalue weighted by atomic mass is 10.1. The molecule has 0 fully saturated rings. The predicted octanol–water partition coefficient (Wildman–Crippen LogP) is 1.61. The van der Waals surface area contributed by atoms with Crippen LogP contribution in [0.25, 0.3) is 0 Å².